The van der Waals surface area contributed by atoms with Crippen LogP contribution in [0, 0.1) is 0 Å². The zero-order chi connectivity index (χ0) is 50.7. The number of allylic oxidation sites excluding steroid dienone is 22. The van der Waals surface area contributed by atoms with Gasteiger partial charge in [0.15, 0.2) is 6.10 Å². The topological polar surface area (TPSA) is 78.9 Å². The molecule has 6 nitrogen and oxygen atoms in total. The summed E-state index contributed by atoms with van der Waals surface area (Å²) >= 11 is 0. The number of hydrogen-bond donors (Lipinski definition) is 0. The van der Waals surface area contributed by atoms with Gasteiger partial charge in [-0.15, -0.1) is 0 Å². The second kappa shape index (κ2) is 57.1. The van der Waals surface area contributed by atoms with Gasteiger partial charge in [-0.25, -0.2) is 0 Å². The van der Waals surface area contributed by atoms with Gasteiger partial charge in [0.05, 0.1) is 0 Å². The fourth-order valence-corrected chi connectivity index (χ4v) is 7.36. The van der Waals surface area contributed by atoms with Gasteiger partial charge in [-0.05, 0) is 96.3 Å². The number of rotatable bonds is 49. The van der Waals surface area contributed by atoms with Crippen molar-refractivity contribution in [2.45, 2.75) is 239 Å². The third-order valence-electron chi connectivity index (χ3n) is 11.6. The lowest BCUT2D eigenvalue weighted by Crippen LogP contribution is -2.30. The molecular weight excluding hydrogens is 865 g/mol. The van der Waals surface area contributed by atoms with E-state index >= 15 is 0 Å². The van der Waals surface area contributed by atoms with Gasteiger partial charge in [-0.1, -0.05) is 251 Å². The number of hydrogen-bond acceptors (Lipinski definition) is 6. The molecule has 0 fully saturated rings. The maximum Gasteiger partial charge on any atom is 0.306 e. The molecule has 0 aromatic rings. The average Bonchev–Trinajstić information content (AvgIpc) is 3.36. The molecule has 0 aliphatic rings. The van der Waals surface area contributed by atoms with Crippen molar-refractivity contribution in [2.24, 2.45) is 0 Å². The van der Waals surface area contributed by atoms with Crippen LogP contribution in [0.15, 0.2) is 134 Å². The molecule has 1 atom stereocenters. The Balaban J connectivity index is 4.51. The minimum atomic E-state index is -0.814. The highest BCUT2D eigenvalue weighted by molar-refractivity contribution is 5.71. The van der Waals surface area contributed by atoms with E-state index in [-0.39, 0.29) is 37.5 Å². The van der Waals surface area contributed by atoms with Gasteiger partial charge in [-0.2, -0.15) is 0 Å². The van der Waals surface area contributed by atoms with Crippen LogP contribution in [0.1, 0.15) is 233 Å². The van der Waals surface area contributed by atoms with E-state index in [1.165, 1.54) is 89.9 Å². The van der Waals surface area contributed by atoms with Gasteiger partial charge >= 0.3 is 17.9 Å². The highest BCUT2D eigenvalue weighted by Crippen LogP contribution is 2.14. The lowest BCUT2D eigenvalue weighted by Gasteiger charge is -2.18. The van der Waals surface area contributed by atoms with Gasteiger partial charge in [0, 0.05) is 19.3 Å². The molecule has 0 saturated carbocycles. The van der Waals surface area contributed by atoms with Gasteiger partial charge in [-0.3, -0.25) is 14.4 Å². The number of esters is 3. The smallest absolute Gasteiger partial charge is 0.306 e. The van der Waals surface area contributed by atoms with Crippen molar-refractivity contribution >= 4 is 17.9 Å². The SMILES string of the molecule is CC\C=C/C=C\C=C/C=C\C=C\C=C/CCCCCC(=O)OC(COC(=O)CCCCCCCC/C=C\C/C=C\C/C=C\CC)COC(=O)CCCCCCCCCCCC/C=C\C=C/CCCCC. The monoisotopic (exact) mass is 967 g/mol. The van der Waals surface area contributed by atoms with Crippen LogP contribution in [-0.2, 0) is 28.6 Å². The summed E-state index contributed by atoms with van der Waals surface area (Å²) in [6.07, 6.45) is 80.0. The van der Waals surface area contributed by atoms with Crippen molar-refractivity contribution in [1.29, 1.82) is 0 Å². The Kier molecular flexibility index (Phi) is 53.5. The van der Waals surface area contributed by atoms with E-state index < -0.39 is 6.10 Å². The first-order valence-corrected chi connectivity index (χ1v) is 28.3. The van der Waals surface area contributed by atoms with Gasteiger partial charge in [0.25, 0.3) is 0 Å². The van der Waals surface area contributed by atoms with Crippen molar-refractivity contribution in [3.8, 4) is 0 Å². The molecule has 1 unspecified atom stereocenters. The first-order chi connectivity index (χ1) is 34.5. The molecule has 0 aromatic carbocycles. The molecule has 0 spiro atoms. The minimum absolute atomic E-state index is 0.107. The number of ether oxygens (including phenoxy) is 3. The summed E-state index contributed by atoms with van der Waals surface area (Å²) in [5.74, 6) is -0.971. The predicted molar refractivity (Wildman–Crippen MR) is 302 cm³/mol. The van der Waals surface area contributed by atoms with E-state index in [1.807, 2.05) is 60.8 Å². The first kappa shape index (κ1) is 65.5. The lowest BCUT2D eigenvalue weighted by molar-refractivity contribution is -0.167. The zero-order valence-corrected chi connectivity index (χ0v) is 45.0. The second-order valence-corrected chi connectivity index (χ2v) is 18.3. The van der Waals surface area contributed by atoms with Crippen LogP contribution in [0.4, 0.5) is 0 Å². The van der Waals surface area contributed by atoms with Crippen LogP contribution < -0.4 is 0 Å². The zero-order valence-electron chi connectivity index (χ0n) is 45.0. The van der Waals surface area contributed by atoms with E-state index in [0.717, 1.165) is 96.3 Å². The van der Waals surface area contributed by atoms with E-state index in [2.05, 4.69) is 93.7 Å². The molecule has 0 aromatic heterocycles. The summed E-state index contributed by atoms with van der Waals surface area (Å²) in [5, 5.41) is 0. The van der Waals surface area contributed by atoms with Crippen molar-refractivity contribution in [3.05, 3.63) is 134 Å². The number of carbonyl (C=O) groups is 3. The Bertz CT molecular complexity index is 1530. The van der Waals surface area contributed by atoms with E-state index in [4.69, 9.17) is 14.2 Å². The number of unbranched alkanes of at least 4 members (excludes halogenated alkanes) is 22. The van der Waals surface area contributed by atoms with Gasteiger partial charge < -0.3 is 14.2 Å². The molecule has 0 N–H and O–H groups in total. The van der Waals surface area contributed by atoms with Crippen molar-refractivity contribution in [1.82, 2.24) is 0 Å². The molecule has 0 aliphatic heterocycles. The molecule has 0 rings (SSSR count). The van der Waals surface area contributed by atoms with Crippen LogP contribution in [0.25, 0.3) is 0 Å². The molecule has 0 saturated heterocycles. The Hall–Kier alpha value is -4.45. The molecule has 0 aliphatic carbocycles. The quantitative estimate of drug-likeness (QED) is 0.0199. The number of carbonyl (C=O) groups excluding carboxylic acids is 3. The molecule has 6 heteroatoms. The first-order valence-electron chi connectivity index (χ1n) is 28.3. The third-order valence-corrected chi connectivity index (χ3v) is 11.6. The lowest BCUT2D eigenvalue weighted by atomic mass is 10.1. The van der Waals surface area contributed by atoms with Crippen molar-refractivity contribution < 1.29 is 28.6 Å². The normalized spacial score (nSPS) is 13.1. The Morgan fingerprint density at radius 1 is 0.314 bits per heavy atom. The van der Waals surface area contributed by atoms with Crippen LogP contribution in [-0.4, -0.2) is 37.2 Å². The molecule has 0 heterocycles. The standard InChI is InChI=1S/C64H102O6/c1-4-7-10-13-16-19-22-25-28-31-32-34-36-39-42-45-48-51-54-57-63(66)69-60-61(59-68-62(65)56-53-50-47-44-41-38-35-30-27-24-21-18-15-12-9-6-3)70-64(67)58-55-52-49-46-43-40-37-33-29-26-23-20-17-14-11-8-5-2/h8-9,11-12,14,16-23,25-27,29-30,33,37,40,43,61H,4-7,10,13,15,24,28,31-32,34-36,38-39,41-42,44-60H2,1-3H3/b11-8-,12-9-,17-14-,19-16-,21-18-,23-20-,25-22-,29-26-,30-27-,37-33+,43-40-. The molecule has 394 valence electrons. The molecule has 70 heavy (non-hydrogen) atoms. The van der Waals surface area contributed by atoms with Crippen LogP contribution in [0.5, 0.6) is 0 Å². The van der Waals surface area contributed by atoms with E-state index in [1.54, 1.807) is 0 Å². The fraction of sp³-hybridized carbons (Fsp3) is 0.609. The summed E-state index contributed by atoms with van der Waals surface area (Å²) in [7, 11) is 0. The summed E-state index contributed by atoms with van der Waals surface area (Å²) in [4.78, 5) is 38.2. The second-order valence-electron chi connectivity index (χ2n) is 18.3. The fourth-order valence-electron chi connectivity index (χ4n) is 7.36. The highest BCUT2D eigenvalue weighted by atomic mass is 16.6. The van der Waals surface area contributed by atoms with Crippen molar-refractivity contribution in [3.63, 3.8) is 0 Å². The summed E-state index contributed by atoms with van der Waals surface area (Å²) < 4.78 is 16.8. The van der Waals surface area contributed by atoms with E-state index in [0.29, 0.717) is 19.3 Å². The minimum Gasteiger partial charge on any atom is -0.462 e. The van der Waals surface area contributed by atoms with E-state index in [9.17, 15) is 14.4 Å². The largest absolute Gasteiger partial charge is 0.462 e. The van der Waals surface area contributed by atoms with Crippen LogP contribution in [0.2, 0.25) is 0 Å². The Labute approximate surface area is 430 Å². The van der Waals surface area contributed by atoms with Gasteiger partial charge in [0.2, 0.25) is 0 Å². The predicted octanol–water partition coefficient (Wildman–Crippen LogP) is 19.0. The van der Waals surface area contributed by atoms with Crippen LogP contribution in [0.3, 0.4) is 0 Å². The summed E-state index contributed by atoms with van der Waals surface area (Å²) in [5.41, 5.74) is 0. The Morgan fingerprint density at radius 2 is 0.629 bits per heavy atom. The molecule has 0 amide bonds. The molecule has 0 radical (unpaired) electrons. The maximum absolute atomic E-state index is 12.8. The molecule has 0 bridgehead atoms. The van der Waals surface area contributed by atoms with Crippen LogP contribution >= 0.6 is 0 Å². The average molecular weight is 968 g/mol. The third kappa shape index (κ3) is 54.5. The summed E-state index contributed by atoms with van der Waals surface area (Å²) in [6.45, 7) is 6.30. The van der Waals surface area contributed by atoms with Gasteiger partial charge in [0.1, 0.15) is 13.2 Å². The molecular formula is C64H102O6. The van der Waals surface area contributed by atoms with Crippen molar-refractivity contribution in [2.75, 3.05) is 13.2 Å². The maximum atomic E-state index is 12.8. The summed E-state index contributed by atoms with van der Waals surface area (Å²) in [6, 6.07) is 0. The highest BCUT2D eigenvalue weighted by Gasteiger charge is 2.19. The Morgan fingerprint density at radius 3 is 1.07 bits per heavy atom.